The van der Waals surface area contributed by atoms with Crippen LogP contribution in [0.2, 0.25) is 0 Å². The van der Waals surface area contributed by atoms with Gasteiger partial charge in [0.05, 0.1) is 11.4 Å². The van der Waals surface area contributed by atoms with Crippen LogP contribution in [0.15, 0.2) is 30.3 Å². The van der Waals surface area contributed by atoms with Gasteiger partial charge in [0.1, 0.15) is 0 Å². The van der Waals surface area contributed by atoms with Crippen LogP contribution in [0.3, 0.4) is 0 Å². The molecule has 3 rings (SSSR count). The standard InChI is InChI=1S/C18H23N3O/c1-12-10-16(12)18(22)20(4)11-17-13(2)19-21(14(17)3)15-8-6-5-7-9-15/h5-9,12,16H,10-11H2,1-4H3/t12-,16-/m0/s1. The fourth-order valence-corrected chi connectivity index (χ4v) is 2.99. The van der Waals surface area contributed by atoms with Gasteiger partial charge in [0, 0.05) is 30.8 Å². The van der Waals surface area contributed by atoms with E-state index in [0.29, 0.717) is 12.5 Å². The zero-order valence-corrected chi connectivity index (χ0v) is 13.7. The molecule has 4 heteroatoms. The van der Waals surface area contributed by atoms with Gasteiger partial charge >= 0.3 is 0 Å². The summed E-state index contributed by atoms with van der Waals surface area (Å²) >= 11 is 0. The molecule has 1 heterocycles. The summed E-state index contributed by atoms with van der Waals surface area (Å²) in [4.78, 5) is 14.2. The lowest BCUT2D eigenvalue weighted by molar-refractivity contribution is -0.132. The molecule has 0 spiro atoms. The van der Waals surface area contributed by atoms with Gasteiger partial charge in [0.2, 0.25) is 5.91 Å². The molecule has 0 bridgehead atoms. The zero-order chi connectivity index (χ0) is 15.9. The Hall–Kier alpha value is -2.10. The number of carbonyl (C=O) groups excluding carboxylic acids is 1. The number of aryl methyl sites for hydroxylation is 1. The van der Waals surface area contributed by atoms with E-state index in [9.17, 15) is 4.79 Å². The summed E-state index contributed by atoms with van der Waals surface area (Å²) in [7, 11) is 1.89. The Morgan fingerprint density at radius 3 is 2.55 bits per heavy atom. The maximum atomic E-state index is 12.3. The third-order valence-electron chi connectivity index (χ3n) is 4.64. The summed E-state index contributed by atoms with van der Waals surface area (Å²) in [5.74, 6) is 1.04. The monoisotopic (exact) mass is 297 g/mol. The van der Waals surface area contributed by atoms with E-state index in [-0.39, 0.29) is 11.8 Å². The van der Waals surface area contributed by atoms with E-state index in [4.69, 9.17) is 0 Å². The Morgan fingerprint density at radius 2 is 1.95 bits per heavy atom. The van der Waals surface area contributed by atoms with E-state index in [2.05, 4.69) is 18.9 Å². The number of aromatic nitrogens is 2. The first-order chi connectivity index (χ1) is 10.5. The highest BCUT2D eigenvalue weighted by molar-refractivity contribution is 5.81. The molecule has 1 aliphatic carbocycles. The van der Waals surface area contributed by atoms with Crippen molar-refractivity contribution in [1.29, 1.82) is 0 Å². The summed E-state index contributed by atoms with van der Waals surface area (Å²) in [6, 6.07) is 10.1. The molecular formula is C18H23N3O. The van der Waals surface area contributed by atoms with Gasteiger partial charge in [-0.15, -0.1) is 0 Å². The molecule has 1 aromatic heterocycles. The summed E-state index contributed by atoms with van der Waals surface area (Å²) in [6.45, 7) is 6.85. The molecule has 1 amide bonds. The Bertz CT molecular complexity index is 690. The Morgan fingerprint density at radius 1 is 1.32 bits per heavy atom. The molecular weight excluding hydrogens is 274 g/mol. The van der Waals surface area contributed by atoms with Crippen LogP contribution in [0.5, 0.6) is 0 Å². The molecule has 1 saturated carbocycles. The van der Waals surface area contributed by atoms with Crippen LogP contribution in [-0.2, 0) is 11.3 Å². The van der Waals surface area contributed by atoms with Crippen LogP contribution < -0.4 is 0 Å². The van der Waals surface area contributed by atoms with Gasteiger partial charge < -0.3 is 4.90 Å². The summed E-state index contributed by atoms with van der Waals surface area (Å²) in [5.41, 5.74) is 4.30. The van der Waals surface area contributed by atoms with Crippen molar-refractivity contribution in [3.05, 3.63) is 47.3 Å². The molecule has 0 radical (unpaired) electrons. The molecule has 1 aliphatic rings. The van der Waals surface area contributed by atoms with Gasteiger partial charge in [-0.3, -0.25) is 4.79 Å². The van der Waals surface area contributed by atoms with E-state index >= 15 is 0 Å². The molecule has 1 aromatic carbocycles. The fraction of sp³-hybridized carbons (Fsp3) is 0.444. The van der Waals surface area contributed by atoms with E-state index in [1.54, 1.807) is 0 Å². The lowest BCUT2D eigenvalue weighted by Crippen LogP contribution is -2.28. The third-order valence-corrected chi connectivity index (χ3v) is 4.64. The maximum Gasteiger partial charge on any atom is 0.226 e. The molecule has 4 nitrogen and oxygen atoms in total. The highest BCUT2D eigenvalue weighted by Crippen LogP contribution is 2.39. The minimum absolute atomic E-state index is 0.231. The van der Waals surface area contributed by atoms with Gasteiger partial charge in [-0.05, 0) is 38.3 Å². The van der Waals surface area contributed by atoms with Crippen molar-refractivity contribution in [1.82, 2.24) is 14.7 Å². The van der Waals surface area contributed by atoms with E-state index in [1.807, 2.05) is 53.9 Å². The molecule has 2 aromatic rings. The minimum Gasteiger partial charge on any atom is -0.341 e. The largest absolute Gasteiger partial charge is 0.341 e. The molecule has 2 atom stereocenters. The van der Waals surface area contributed by atoms with Crippen molar-refractivity contribution in [3.8, 4) is 5.69 Å². The predicted octanol–water partition coefficient (Wildman–Crippen LogP) is 3.10. The van der Waals surface area contributed by atoms with Gasteiger partial charge in [-0.1, -0.05) is 25.1 Å². The number of hydrogen-bond donors (Lipinski definition) is 0. The Labute approximate surface area is 131 Å². The van der Waals surface area contributed by atoms with Gasteiger partial charge in [0.25, 0.3) is 0 Å². The number of amides is 1. The summed E-state index contributed by atoms with van der Waals surface area (Å²) < 4.78 is 1.96. The second kappa shape index (κ2) is 5.59. The zero-order valence-electron chi connectivity index (χ0n) is 13.7. The average Bonchev–Trinajstić information content (AvgIpc) is 3.19. The smallest absolute Gasteiger partial charge is 0.226 e. The third kappa shape index (κ3) is 2.65. The van der Waals surface area contributed by atoms with Crippen LogP contribution in [0.1, 0.15) is 30.3 Å². The van der Waals surface area contributed by atoms with Crippen LogP contribution in [0, 0.1) is 25.7 Å². The topological polar surface area (TPSA) is 38.1 Å². The summed E-state index contributed by atoms with van der Waals surface area (Å²) in [6.07, 6.45) is 1.03. The van der Waals surface area contributed by atoms with Crippen LogP contribution in [-0.4, -0.2) is 27.6 Å². The summed E-state index contributed by atoms with van der Waals surface area (Å²) in [5, 5.41) is 4.65. The second-order valence-electron chi connectivity index (χ2n) is 6.41. The average molecular weight is 297 g/mol. The first-order valence-corrected chi connectivity index (χ1v) is 7.84. The minimum atomic E-state index is 0.231. The van der Waals surface area contributed by atoms with Gasteiger partial charge in [0.15, 0.2) is 0 Å². The normalized spacial score (nSPS) is 20.0. The van der Waals surface area contributed by atoms with Crippen molar-refractivity contribution in [3.63, 3.8) is 0 Å². The molecule has 1 fully saturated rings. The maximum absolute atomic E-state index is 12.3. The molecule has 22 heavy (non-hydrogen) atoms. The quantitative estimate of drug-likeness (QED) is 0.869. The lowest BCUT2D eigenvalue weighted by Gasteiger charge is -2.17. The number of benzene rings is 1. The number of carbonyl (C=O) groups is 1. The number of para-hydroxylation sites is 1. The van der Waals surface area contributed by atoms with Gasteiger partial charge in [-0.2, -0.15) is 5.10 Å². The van der Waals surface area contributed by atoms with Crippen molar-refractivity contribution in [2.75, 3.05) is 7.05 Å². The van der Waals surface area contributed by atoms with Crippen molar-refractivity contribution < 1.29 is 4.79 Å². The van der Waals surface area contributed by atoms with E-state index < -0.39 is 0 Å². The fourth-order valence-electron chi connectivity index (χ4n) is 2.99. The molecule has 0 N–H and O–H groups in total. The van der Waals surface area contributed by atoms with Crippen molar-refractivity contribution in [2.45, 2.75) is 33.7 Å². The highest BCUT2D eigenvalue weighted by atomic mass is 16.2. The van der Waals surface area contributed by atoms with E-state index in [0.717, 1.165) is 29.1 Å². The molecule has 116 valence electrons. The highest BCUT2D eigenvalue weighted by Gasteiger charge is 2.40. The SMILES string of the molecule is Cc1nn(-c2ccccc2)c(C)c1CN(C)C(=O)[C@H]1C[C@@H]1C. The predicted molar refractivity (Wildman–Crippen MR) is 86.8 cm³/mol. The van der Waals surface area contributed by atoms with E-state index in [1.165, 1.54) is 0 Å². The first-order valence-electron chi connectivity index (χ1n) is 7.84. The van der Waals surface area contributed by atoms with Crippen molar-refractivity contribution >= 4 is 5.91 Å². The van der Waals surface area contributed by atoms with Crippen LogP contribution in [0.25, 0.3) is 5.69 Å². The van der Waals surface area contributed by atoms with Gasteiger partial charge in [-0.25, -0.2) is 4.68 Å². The van der Waals surface area contributed by atoms with Crippen LogP contribution in [0.4, 0.5) is 0 Å². The molecule has 0 unspecified atom stereocenters. The number of nitrogens with zero attached hydrogens (tertiary/aromatic N) is 3. The Balaban J connectivity index is 1.83. The Kier molecular flexibility index (Phi) is 3.77. The molecule has 0 aliphatic heterocycles. The first kappa shape index (κ1) is 14.8. The molecule has 0 saturated heterocycles. The second-order valence-corrected chi connectivity index (χ2v) is 6.41. The van der Waals surface area contributed by atoms with Crippen molar-refractivity contribution in [2.24, 2.45) is 11.8 Å². The van der Waals surface area contributed by atoms with Crippen LogP contribution >= 0.6 is 0 Å². The lowest BCUT2D eigenvalue weighted by atomic mass is 10.1. The number of rotatable bonds is 4. The number of hydrogen-bond acceptors (Lipinski definition) is 2.